The van der Waals surface area contributed by atoms with E-state index in [4.69, 9.17) is 13.0 Å². The van der Waals surface area contributed by atoms with Crippen LogP contribution in [0.15, 0.2) is 0 Å². The van der Waals surface area contributed by atoms with Gasteiger partial charge in [-0.25, -0.2) is 0 Å². The number of hydrogen-bond acceptors (Lipinski definition) is 2. The van der Waals surface area contributed by atoms with E-state index in [0.29, 0.717) is 0 Å². The molecule has 6 heavy (non-hydrogen) atoms. The van der Waals surface area contributed by atoms with E-state index in [1.165, 1.54) is 0 Å². The maximum Gasteiger partial charge on any atom is 0.353 e. The molecule has 1 N–H and O–H groups in total. The molecule has 0 spiro atoms. The predicted octanol–water partition coefficient (Wildman–Crippen LogP) is -0.353. The van der Waals surface area contributed by atoms with E-state index in [1.807, 2.05) is 0 Å². The quantitative estimate of drug-likeness (QED) is 0.272. The van der Waals surface area contributed by atoms with Crippen molar-refractivity contribution in [3.05, 3.63) is 0 Å². The second kappa shape index (κ2) is 2.89. The number of rotatable bonds is 0. The Hall–Kier alpha value is 0.797. The van der Waals surface area contributed by atoms with Crippen molar-refractivity contribution in [1.29, 1.82) is 0 Å². The van der Waals surface area contributed by atoms with Crippen molar-refractivity contribution < 1.29 is 13.0 Å². The number of hydrogen-bond donors (Lipinski definition) is 1. The van der Waals surface area contributed by atoms with Gasteiger partial charge in [0.2, 0.25) is 0 Å². The largest absolute Gasteiger partial charge is 0.353 e. The van der Waals surface area contributed by atoms with Crippen LogP contribution in [0.2, 0.25) is 0 Å². The molecule has 0 aliphatic heterocycles. The Bertz CT molecular complexity index is 94.0. The Morgan fingerprint density at radius 1 is 1.50 bits per heavy atom. The molecule has 0 fully saturated rings. The maximum absolute atomic E-state index is 8.95. The molecule has 0 bridgehead atoms. The molecule has 33 valence electrons. The summed E-state index contributed by atoms with van der Waals surface area (Å²) in [5.41, 5.74) is 0. The summed E-state index contributed by atoms with van der Waals surface area (Å²) >= 11 is 0. The van der Waals surface area contributed by atoms with Gasteiger partial charge in [-0.15, -0.1) is 0 Å². The summed E-state index contributed by atoms with van der Waals surface area (Å²) in [4.78, 5) is 0. The Balaban J connectivity index is 0. The summed E-state index contributed by atoms with van der Waals surface area (Å²) in [6.07, 6.45) is 0. The molecule has 0 rings (SSSR count). The van der Waals surface area contributed by atoms with Crippen LogP contribution in [-0.4, -0.2) is 31.8 Å². The number of halogens is 1. The van der Waals surface area contributed by atoms with Crippen molar-refractivity contribution in [2.24, 2.45) is 0 Å². The molecule has 0 amide bonds. The zero-order chi connectivity index (χ0) is 4.50. The van der Waals surface area contributed by atoms with E-state index in [-0.39, 0.29) is 18.9 Å². The first-order chi connectivity index (χ1) is 2.00. The van der Waals surface area contributed by atoms with Crippen molar-refractivity contribution in [3.8, 4) is 0 Å². The summed E-state index contributed by atoms with van der Waals surface area (Å²) in [6.45, 7) is 0. The van der Waals surface area contributed by atoms with Gasteiger partial charge in [-0.3, -0.25) is 4.55 Å². The summed E-state index contributed by atoms with van der Waals surface area (Å²) in [5.74, 6) is 0. The molecule has 0 atom stereocenters. The normalized spacial score (nSPS) is 9.67. The van der Waals surface area contributed by atoms with E-state index >= 15 is 0 Å². The molecule has 0 saturated carbocycles. The molecule has 3 nitrogen and oxygen atoms in total. The Labute approximate surface area is 52.1 Å². The molecule has 0 aromatic carbocycles. The van der Waals surface area contributed by atoms with Crippen LogP contribution in [0.25, 0.3) is 0 Å². The Morgan fingerprint density at radius 3 is 1.50 bits per heavy atom. The third kappa shape index (κ3) is 109. The second-order valence-corrected chi connectivity index (χ2v) is 2.41. The second-order valence-electron chi connectivity index (χ2n) is 0.412. The molecular formula is HClLiO3S. The van der Waals surface area contributed by atoms with Gasteiger partial charge in [0, 0.05) is 29.5 Å². The van der Waals surface area contributed by atoms with Gasteiger partial charge in [0.15, 0.2) is 0 Å². The van der Waals surface area contributed by atoms with Gasteiger partial charge < -0.3 is 0 Å². The molecule has 6 heteroatoms. The third-order valence-electron chi connectivity index (χ3n) is 0. The minimum Gasteiger partial charge on any atom is -0.273 e. The van der Waals surface area contributed by atoms with Gasteiger partial charge in [-0.1, -0.05) is 0 Å². The van der Waals surface area contributed by atoms with Crippen LogP contribution >= 0.6 is 10.7 Å². The van der Waals surface area contributed by atoms with Gasteiger partial charge in [0.05, 0.1) is 0 Å². The third-order valence-corrected chi connectivity index (χ3v) is 0. The molecule has 0 aliphatic carbocycles. The van der Waals surface area contributed by atoms with Crippen LogP contribution < -0.4 is 0 Å². The van der Waals surface area contributed by atoms with Crippen LogP contribution in [0.1, 0.15) is 0 Å². The van der Waals surface area contributed by atoms with E-state index in [0.717, 1.165) is 0 Å². The zero-order valence-electron chi connectivity index (χ0n) is 3.05. The topological polar surface area (TPSA) is 54.4 Å². The Kier molecular flexibility index (Phi) is 4.78. The van der Waals surface area contributed by atoms with E-state index in [2.05, 4.69) is 10.7 Å². The van der Waals surface area contributed by atoms with Gasteiger partial charge in [-0.05, 0) is 0 Å². The molecule has 0 unspecified atom stereocenters. The van der Waals surface area contributed by atoms with Crippen molar-refractivity contribution in [2.75, 3.05) is 0 Å². The molecule has 0 aliphatic rings. The van der Waals surface area contributed by atoms with E-state index in [1.54, 1.807) is 0 Å². The predicted molar refractivity (Wildman–Crippen MR) is 23.2 cm³/mol. The molecular weight excluding hydrogens is 122 g/mol. The zero-order valence-corrected chi connectivity index (χ0v) is 4.62. The fraction of sp³-hybridized carbons (Fsp3) is 0. The average molecular weight is 123 g/mol. The first-order valence-corrected chi connectivity index (χ1v) is 2.94. The van der Waals surface area contributed by atoms with E-state index in [9.17, 15) is 0 Å². The van der Waals surface area contributed by atoms with Crippen LogP contribution in [0, 0.1) is 0 Å². The van der Waals surface area contributed by atoms with Crippen LogP contribution in [-0.2, 0) is 9.33 Å². The molecule has 0 aromatic rings. The molecule has 0 aromatic heterocycles. The summed E-state index contributed by atoms with van der Waals surface area (Å²) in [6, 6.07) is 0. The van der Waals surface area contributed by atoms with Gasteiger partial charge >= 0.3 is 9.33 Å². The van der Waals surface area contributed by atoms with E-state index < -0.39 is 9.33 Å². The van der Waals surface area contributed by atoms with Gasteiger partial charge in [0.25, 0.3) is 0 Å². The summed E-state index contributed by atoms with van der Waals surface area (Å²) in [7, 11) is -0.137. The summed E-state index contributed by atoms with van der Waals surface area (Å²) < 4.78 is 25.2. The fourth-order valence-electron chi connectivity index (χ4n) is 0. The van der Waals surface area contributed by atoms with Crippen molar-refractivity contribution in [2.45, 2.75) is 0 Å². The average Bonchev–Trinajstić information content (AvgIpc) is 0.722. The summed E-state index contributed by atoms with van der Waals surface area (Å²) in [5, 5.41) is 0. The van der Waals surface area contributed by atoms with Crippen molar-refractivity contribution in [3.63, 3.8) is 0 Å². The minimum atomic E-state index is -4.19. The first-order valence-electron chi connectivity index (χ1n) is 0.670. The first kappa shape index (κ1) is 9.93. The standard InChI is InChI=1S/ClHO3S.Li/c1-5(2,3)4;/h(H,2,3,4);. The minimum absolute atomic E-state index is 0. The van der Waals surface area contributed by atoms with Crippen molar-refractivity contribution >= 4 is 38.9 Å². The van der Waals surface area contributed by atoms with Crippen LogP contribution in [0.5, 0.6) is 0 Å². The van der Waals surface area contributed by atoms with Crippen LogP contribution in [0.3, 0.4) is 0 Å². The van der Waals surface area contributed by atoms with Crippen LogP contribution in [0.4, 0.5) is 0 Å². The van der Waals surface area contributed by atoms with Gasteiger partial charge in [-0.2, -0.15) is 8.42 Å². The van der Waals surface area contributed by atoms with Gasteiger partial charge in [0.1, 0.15) is 0 Å². The Morgan fingerprint density at radius 2 is 1.50 bits per heavy atom. The smallest absolute Gasteiger partial charge is 0.273 e. The fourth-order valence-corrected chi connectivity index (χ4v) is 0. The molecule has 0 heterocycles. The molecule has 0 saturated heterocycles. The van der Waals surface area contributed by atoms with Crippen molar-refractivity contribution in [1.82, 2.24) is 0 Å². The monoisotopic (exact) mass is 123 g/mol. The molecule has 1 radical (unpaired) electrons. The SMILES string of the molecule is O=S(=O)(O)Cl.[Li]. The maximum atomic E-state index is 8.95.